The second-order valence-corrected chi connectivity index (χ2v) is 6.86. The third-order valence-electron chi connectivity index (χ3n) is 4.12. The zero-order valence-electron chi connectivity index (χ0n) is 13.0. The van der Waals surface area contributed by atoms with Crippen molar-refractivity contribution in [3.63, 3.8) is 0 Å². The van der Waals surface area contributed by atoms with E-state index < -0.39 is 32.0 Å². The normalized spacial score (nSPS) is 23.7. The lowest BCUT2D eigenvalue weighted by atomic mass is 9.89. The van der Waals surface area contributed by atoms with Crippen LogP contribution in [0.25, 0.3) is 0 Å². The number of nitrogens with one attached hydrogen (secondary N) is 1. The minimum absolute atomic E-state index is 0.0217. The maximum Gasteiger partial charge on any atom is 0.469 e. The number of aromatic hydroxyl groups is 2. The lowest BCUT2D eigenvalue weighted by molar-refractivity contribution is -0.117. The van der Waals surface area contributed by atoms with Crippen molar-refractivity contribution in [2.45, 2.75) is 18.2 Å². The lowest BCUT2D eigenvalue weighted by Gasteiger charge is -2.24. The van der Waals surface area contributed by atoms with Crippen LogP contribution < -0.4 is 5.32 Å². The average Bonchev–Trinajstić information content (AvgIpc) is 3.17. The van der Waals surface area contributed by atoms with Gasteiger partial charge in [-0.25, -0.2) is 4.57 Å². The van der Waals surface area contributed by atoms with Crippen LogP contribution >= 0.6 is 7.82 Å². The highest BCUT2D eigenvalue weighted by atomic mass is 31.2. The van der Waals surface area contributed by atoms with Crippen LogP contribution in [0, 0.1) is 0 Å². The van der Waals surface area contributed by atoms with E-state index in [4.69, 9.17) is 14.5 Å². The van der Waals surface area contributed by atoms with Crippen LogP contribution in [0.15, 0.2) is 24.8 Å². The molecule has 0 radical (unpaired) electrons. The Labute approximate surface area is 142 Å². The lowest BCUT2D eigenvalue weighted by Crippen LogP contribution is -2.37. The van der Waals surface area contributed by atoms with Gasteiger partial charge in [-0.15, -0.1) is 0 Å². The fourth-order valence-electron chi connectivity index (χ4n) is 3.09. The minimum atomic E-state index is -4.65. The van der Waals surface area contributed by atoms with Crippen molar-refractivity contribution in [2.24, 2.45) is 0 Å². The molecule has 1 amide bonds. The minimum Gasteiger partial charge on any atom is -0.494 e. The van der Waals surface area contributed by atoms with Gasteiger partial charge in [-0.2, -0.15) is 0 Å². The van der Waals surface area contributed by atoms with Gasteiger partial charge in [-0.3, -0.25) is 13.9 Å². The summed E-state index contributed by atoms with van der Waals surface area (Å²) in [6.07, 6.45) is 3.88. The van der Waals surface area contributed by atoms with E-state index in [0.29, 0.717) is 11.1 Å². The van der Waals surface area contributed by atoms with E-state index in [0.717, 1.165) is 10.6 Å². The van der Waals surface area contributed by atoms with E-state index in [1.807, 2.05) is 0 Å². The highest BCUT2D eigenvalue weighted by Gasteiger charge is 2.52. The van der Waals surface area contributed by atoms with Gasteiger partial charge < -0.3 is 30.1 Å². The number of fused-ring (bicyclic) bond motifs is 5. The van der Waals surface area contributed by atoms with Crippen LogP contribution in [-0.4, -0.2) is 43.6 Å². The molecule has 2 aliphatic rings. The number of carbonyl (C=O) groups is 1. The second-order valence-electron chi connectivity index (χ2n) is 5.62. The first-order chi connectivity index (χ1) is 11.7. The molecule has 0 fully saturated rings. The van der Waals surface area contributed by atoms with Gasteiger partial charge in [0.1, 0.15) is 11.7 Å². The molecule has 5 N–H and O–H groups in total. The first-order valence-electron chi connectivity index (χ1n) is 7.31. The summed E-state index contributed by atoms with van der Waals surface area (Å²) in [5.41, 5.74) is -0.475. The number of phosphoric ester groups is 1. The molecule has 0 saturated carbocycles. The highest BCUT2D eigenvalue weighted by Crippen LogP contribution is 2.57. The number of hydrogen-bond acceptors (Lipinski definition) is 6. The number of phosphoric acid groups is 1. The number of nitrogens with zero attached hydrogens (tertiary/aromatic N) is 1. The van der Waals surface area contributed by atoms with Crippen molar-refractivity contribution in [1.29, 1.82) is 0 Å². The Bertz CT molecular complexity index is 810. The molecule has 0 saturated heterocycles. The van der Waals surface area contributed by atoms with E-state index in [1.165, 1.54) is 0 Å². The van der Waals surface area contributed by atoms with Crippen LogP contribution in [0.2, 0.25) is 0 Å². The van der Waals surface area contributed by atoms with Gasteiger partial charge in [0.15, 0.2) is 0 Å². The molecule has 0 spiro atoms. The summed E-state index contributed by atoms with van der Waals surface area (Å²) in [5, 5.41) is 23.4. The molecule has 3 rings (SSSR count). The zero-order valence-corrected chi connectivity index (χ0v) is 13.8. The Kier molecular flexibility index (Phi) is 4.26. The van der Waals surface area contributed by atoms with Gasteiger partial charge >= 0.3 is 7.82 Å². The molecule has 2 unspecified atom stereocenters. The van der Waals surface area contributed by atoms with Crippen LogP contribution in [0.3, 0.4) is 0 Å². The molecule has 2 bridgehead atoms. The summed E-state index contributed by atoms with van der Waals surface area (Å²) >= 11 is 0. The van der Waals surface area contributed by atoms with Crippen molar-refractivity contribution in [1.82, 2.24) is 9.88 Å². The van der Waals surface area contributed by atoms with Gasteiger partial charge in [0.2, 0.25) is 17.7 Å². The van der Waals surface area contributed by atoms with E-state index in [9.17, 15) is 19.6 Å². The number of amides is 1. The van der Waals surface area contributed by atoms with Crippen molar-refractivity contribution in [2.75, 3.05) is 13.2 Å². The van der Waals surface area contributed by atoms with E-state index in [1.54, 1.807) is 12.2 Å². The van der Waals surface area contributed by atoms with Crippen LogP contribution in [0.5, 0.6) is 11.8 Å². The quantitative estimate of drug-likeness (QED) is 0.258. The van der Waals surface area contributed by atoms with Gasteiger partial charge in [0.05, 0.1) is 30.8 Å². The van der Waals surface area contributed by atoms with Gasteiger partial charge in [-0.05, 0) is 12.2 Å². The largest absolute Gasteiger partial charge is 0.494 e. The molecular weight excluding hydrogens is 355 g/mol. The van der Waals surface area contributed by atoms with Crippen LogP contribution in [0.4, 0.5) is 0 Å². The molecule has 3 heterocycles. The molecule has 0 aliphatic carbocycles. The number of ether oxygens (including phenoxy) is 1. The highest BCUT2D eigenvalue weighted by molar-refractivity contribution is 7.46. The Balaban J connectivity index is 1.87. The van der Waals surface area contributed by atoms with Gasteiger partial charge in [0.25, 0.3) is 0 Å². The Morgan fingerprint density at radius 2 is 2.20 bits per heavy atom. The summed E-state index contributed by atoms with van der Waals surface area (Å²) in [6, 6.07) is 0. The predicted molar refractivity (Wildman–Crippen MR) is 83.6 cm³/mol. The van der Waals surface area contributed by atoms with E-state index in [-0.39, 0.29) is 24.8 Å². The average molecular weight is 372 g/mol. The Hall–Kier alpha value is -2.10. The molecular formula is C14H17N2O8P. The fraction of sp³-hybridized carbons (Fsp3) is 0.357. The fourth-order valence-corrected chi connectivity index (χ4v) is 3.41. The second kappa shape index (κ2) is 6.01. The van der Waals surface area contributed by atoms with Crippen molar-refractivity contribution < 1.29 is 38.6 Å². The van der Waals surface area contributed by atoms with E-state index >= 15 is 0 Å². The standard InChI is InChI=1S/C14H17N2O8P/c1-2-9(17)15-7-14-4-3-8(24-14)10-11(14)13(19)16(12(10)18)5-6-23-25(20,21)22/h2-4,8,18-19H,1,5-7H2,(H,15,17)(H2,20,21,22). The molecule has 2 atom stereocenters. The van der Waals surface area contributed by atoms with Crippen molar-refractivity contribution in [3.8, 4) is 11.8 Å². The smallest absolute Gasteiger partial charge is 0.469 e. The van der Waals surface area contributed by atoms with Gasteiger partial charge in [0, 0.05) is 0 Å². The third kappa shape index (κ3) is 2.99. The van der Waals surface area contributed by atoms with Crippen LogP contribution in [-0.2, 0) is 30.8 Å². The maximum atomic E-state index is 11.4. The molecule has 136 valence electrons. The summed E-state index contributed by atoms with van der Waals surface area (Å²) in [7, 11) is -4.65. The maximum absolute atomic E-state index is 11.4. The SMILES string of the molecule is C=CC(=O)NCC12C=CC(O1)c1c2c(O)n(CCOP(=O)(O)O)c1O. The summed E-state index contributed by atoms with van der Waals surface area (Å²) in [6.45, 7) is 2.78. The van der Waals surface area contributed by atoms with Crippen LogP contribution in [0.1, 0.15) is 17.2 Å². The number of aromatic nitrogens is 1. The molecule has 2 aliphatic heterocycles. The van der Waals surface area contributed by atoms with Crippen molar-refractivity contribution >= 4 is 13.7 Å². The first-order valence-corrected chi connectivity index (χ1v) is 8.84. The topological polar surface area (TPSA) is 150 Å². The summed E-state index contributed by atoms with van der Waals surface area (Å²) in [5.74, 6) is -1.02. The molecule has 25 heavy (non-hydrogen) atoms. The third-order valence-corrected chi connectivity index (χ3v) is 4.63. The molecule has 11 heteroatoms. The summed E-state index contributed by atoms with van der Waals surface area (Å²) in [4.78, 5) is 28.8. The summed E-state index contributed by atoms with van der Waals surface area (Å²) < 4.78 is 21.9. The zero-order chi connectivity index (χ0) is 18.4. The number of hydrogen-bond donors (Lipinski definition) is 5. The molecule has 0 aromatic carbocycles. The Morgan fingerprint density at radius 1 is 1.48 bits per heavy atom. The first kappa shape index (κ1) is 17.7. The predicted octanol–water partition coefficient (Wildman–Crippen LogP) is 0.147. The van der Waals surface area contributed by atoms with Gasteiger partial charge in [-0.1, -0.05) is 12.7 Å². The molecule has 10 nitrogen and oxygen atoms in total. The Morgan fingerprint density at radius 3 is 2.84 bits per heavy atom. The monoisotopic (exact) mass is 372 g/mol. The molecule has 1 aromatic heterocycles. The number of rotatable bonds is 7. The van der Waals surface area contributed by atoms with Crippen molar-refractivity contribution in [3.05, 3.63) is 35.9 Å². The molecule has 1 aromatic rings. The number of carbonyl (C=O) groups excluding carboxylic acids is 1. The van der Waals surface area contributed by atoms with E-state index in [2.05, 4.69) is 16.4 Å².